The molecular formula is C17H13F3N4O2. The van der Waals surface area contributed by atoms with Crippen molar-refractivity contribution in [3.63, 3.8) is 0 Å². The summed E-state index contributed by atoms with van der Waals surface area (Å²) < 4.78 is 44.7. The Labute approximate surface area is 145 Å². The third-order valence-electron chi connectivity index (χ3n) is 3.79. The molecular weight excluding hydrogens is 349 g/mol. The summed E-state index contributed by atoms with van der Waals surface area (Å²) in [6.07, 6.45) is -4.54. The number of nitrogens with two attached hydrogens (primary N) is 2. The van der Waals surface area contributed by atoms with Crippen molar-refractivity contribution >= 4 is 11.7 Å². The van der Waals surface area contributed by atoms with Crippen molar-refractivity contribution in [3.05, 3.63) is 53.2 Å². The number of aromatic nitrogens is 2. The number of pyridine rings is 1. The smallest absolute Gasteiger partial charge is 0.383 e. The number of rotatable bonds is 3. The Morgan fingerprint density at radius 3 is 2.42 bits per heavy atom. The molecule has 6 nitrogen and oxygen atoms in total. The minimum Gasteiger partial charge on any atom is -0.383 e. The molecule has 0 bridgehead atoms. The van der Waals surface area contributed by atoms with Gasteiger partial charge >= 0.3 is 6.18 Å². The highest BCUT2D eigenvalue weighted by Gasteiger charge is 2.34. The van der Waals surface area contributed by atoms with E-state index in [2.05, 4.69) is 10.1 Å². The summed E-state index contributed by atoms with van der Waals surface area (Å²) >= 11 is 0. The van der Waals surface area contributed by atoms with E-state index in [-0.39, 0.29) is 39.7 Å². The van der Waals surface area contributed by atoms with Crippen molar-refractivity contribution in [1.82, 2.24) is 10.1 Å². The van der Waals surface area contributed by atoms with Crippen molar-refractivity contribution in [2.24, 2.45) is 5.73 Å². The van der Waals surface area contributed by atoms with Crippen LogP contribution in [0.2, 0.25) is 0 Å². The van der Waals surface area contributed by atoms with Crippen LogP contribution in [0.4, 0.5) is 19.0 Å². The fraction of sp³-hybridized carbons (Fsp3) is 0.118. The molecule has 26 heavy (non-hydrogen) atoms. The maximum Gasteiger partial charge on any atom is 0.417 e. The Morgan fingerprint density at radius 1 is 1.12 bits per heavy atom. The molecule has 3 aromatic rings. The third-order valence-corrected chi connectivity index (χ3v) is 3.79. The lowest BCUT2D eigenvalue weighted by Crippen LogP contribution is -2.13. The first kappa shape index (κ1) is 17.5. The molecule has 3 rings (SSSR count). The molecule has 0 saturated carbocycles. The zero-order valence-electron chi connectivity index (χ0n) is 13.5. The van der Waals surface area contributed by atoms with Crippen molar-refractivity contribution < 1.29 is 22.5 Å². The van der Waals surface area contributed by atoms with Gasteiger partial charge in [0.2, 0.25) is 0 Å². The lowest BCUT2D eigenvalue weighted by atomic mass is 9.99. The predicted octanol–water partition coefficient (Wildman–Crippen LogP) is 3.41. The molecule has 2 aromatic heterocycles. The van der Waals surface area contributed by atoms with Crippen LogP contribution in [0.25, 0.3) is 22.6 Å². The number of aryl methyl sites for hydroxylation is 1. The van der Waals surface area contributed by atoms with E-state index < -0.39 is 17.6 Å². The van der Waals surface area contributed by atoms with Crippen LogP contribution in [0.15, 0.2) is 40.9 Å². The van der Waals surface area contributed by atoms with Crippen LogP contribution in [0, 0.1) is 6.92 Å². The van der Waals surface area contributed by atoms with Gasteiger partial charge in [-0.2, -0.15) is 13.2 Å². The first-order valence-electron chi connectivity index (χ1n) is 7.39. The summed E-state index contributed by atoms with van der Waals surface area (Å²) in [5.41, 5.74) is 10.8. The molecule has 1 aromatic carbocycles. The average molecular weight is 362 g/mol. The average Bonchev–Trinajstić information content (AvgIpc) is 2.96. The van der Waals surface area contributed by atoms with Crippen molar-refractivity contribution in [3.8, 4) is 22.6 Å². The van der Waals surface area contributed by atoms with Crippen LogP contribution in [-0.4, -0.2) is 16.0 Å². The van der Waals surface area contributed by atoms with Gasteiger partial charge < -0.3 is 16.0 Å². The molecule has 0 fully saturated rings. The number of nitrogen functional groups attached to an aromatic ring is 1. The molecule has 0 spiro atoms. The highest BCUT2D eigenvalue weighted by atomic mass is 19.4. The molecule has 9 heteroatoms. The van der Waals surface area contributed by atoms with Crippen LogP contribution < -0.4 is 11.5 Å². The molecule has 2 heterocycles. The van der Waals surface area contributed by atoms with E-state index in [0.29, 0.717) is 0 Å². The molecule has 0 unspecified atom stereocenters. The summed E-state index contributed by atoms with van der Waals surface area (Å²) in [7, 11) is 0. The van der Waals surface area contributed by atoms with E-state index in [1.165, 1.54) is 37.3 Å². The van der Waals surface area contributed by atoms with Gasteiger partial charge in [-0.3, -0.25) is 4.79 Å². The maximum atomic E-state index is 13.2. The third kappa shape index (κ3) is 2.99. The first-order valence-corrected chi connectivity index (χ1v) is 7.39. The maximum absolute atomic E-state index is 13.2. The number of alkyl halides is 3. The summed E-state index contributed by atoms with van der Waals surface area (Å²) in [5.74, 6) is -0.897. The molecule has 0 radical (unpaired) electrons. The molecule has 0 aliphatic carbocycles. The Bertz CT molecular complexity index is 996. The minimum atomic E-state index is -4.54. The topological polar surface area (TPSA) is 108 Å². The van der Waals surface area contributed by atoms with Gasteiger partial charge in [-0.05, 0) is 30.7 Å². The summed E-state index contributed by atoms with van der Waals surface area (Å²) in [6.45, 7) is 1.53. The standard InChI is InChI=1S/C17H13F3N4O2/c1-8-13(16(22)25)14(26-24-8)12-7-6-10(15(21)23-12)9-4-2-3-5-11(9)17(18,19)20/h2-7H,1H3,(H2,21,23)(H2,22,25). The lowest BCUT2D eigenvalue weighted by Gasteiger charge is -2.14. The van der Waals surface area contributed by atoms with Gasteiger partial charge in [-0.15, -0.1) is 0 Å². The number of benzene rings is 1. The van der Waals surface area contributed by atoms with Crippen LogP contribution in [-0.2, 0) is 6.18 Å². The minimum absolute atomic E-state index is 0.0114. The number of primary amides is 1. The van der Waals surface area contributed by atoms with Gasteiger partial charge in [0, 0.05) is 5.56 Å². The van der Waals surface area contributed by atoms with E-state index >= 15 is 0 Å². The van der Waals surface area contributed by atoms with E-state index in [1.54, 1.807) is 0 Å². The largest absolute Gasteiger partial charge is 0.417 e. The number of carbonyl (C=O) groups excluding carboxylic acids is 1. The number of hydrogen-bond donors (Lipinski definition) is 2. The van der Waals surface area contributed by atoms with E-state index in [1.807, 2.05) is 0 Å². The molecule has 1 amide bonds. The van der Waals surface area contributed by atoms with Crippen LogP contribution in [0.5, 0.6) is 0 Å². The van der Waals surface area contributed by atoms with Crippen molar-refractivity contribution in [2.75, 3.05) is 5.73 Å². The highest BCUT2D eigenvalue weighted by Crippen LogP contribution is 2.39. The van der Waals surface area contributed by atoms with Gasteiger partial charge in [0.1, 0.15) is 17.1 Å². The second kappa shape index (κ2) is 6.17. The quantitative estimate of drug-likeness (QED) is 0.742. The lowest BCUT2D eigenvalue weighted by molar-refractivity contribution is -0.137. The molecule has 0 saturated heterocycles. The molecule has 0 atom stereocenters. The number of carbonyl (C=O) groups is 1. The Balaban J connectivity index is 2.13. The number of hydrogen-bond acceptors (Lipinski definition) is 5. The van der Waals surface area contributed by atoms with Crippen molar-refractivity contribution in [1.29, 1.82) is 0 Å². The number of anilines is 1. The Hall–Kier alpha value is -3.36. The van der Waals surface area contributed by atoms with E-state index in [0.717, 1.165) is 6.07 Å². The van der Waals surface area contributed by atoms with Crippen LogP contribution in [0.3, 0.4) is 0 Å². The van der Waals surface area contributed by atoms with Crippen molar-refractivity contribution in [2.45, 2.75) is 13.1 Å². The SMILES string of the molecule is Cc1noc(-c2ccc(-c3ccccc3C(F)(F)F)c(N)n2)c1C(N)=O. The van der Waals surface area contributed by atoms with E-state index in [4.69, 9.17) is 16.0 Å². The van der Waals surface area contributed by atoms with Gasteiger partial charge in [0.15, 0.2) is 5.76 Å². The predicted molar refractivity (Wildman–Crippen MR) is 87.8 cm³/mol. The normalized spacial score (nSPS) is 11.5. The van der Waals surface area contributed by atoms with Gasteiger partial charge in [0.25, 0.3) is 5.91 Å². The van der Waals surface area contributed by atoms with Gasteiger partial charge in [-0.25, -0.2) is 4.98 Å². The molecule has 134 valence electrons. The van der Waals surface area contributed by atoms with Gasteiger partial charge in [0.05, 0.1) is 11.3 Å². The Morgan fingerprint density at radius 2 is 1.81 bits per heavy atom. The van der Waals surface area contributed by atoms with Crippen LogP contribution in [0.1, 0.15) is 21.6 Å². The van der Waals surface area contributed by atoms with Gasteiger partial charge in [-0.1, -0.05) is 23.4 Å². The second-order valence-corrected chi connectivity index (χ2v) is 5.51. The summed E-state index contributed by atoms with van der Waals surface area (Å²) in [5, 5.41) is 3.67. The number of halogens is 3. The fourth-order valence-corrected chi connectivity index (χ4v) is 2.63. The molecule has 0 aliphatic rings. The fourth-order valence-electron chi connectivity index (χ4n) is 2.63. The zero-order valence-corrected chi connectivity index (χ0v) is 13.5. The number of amides is 1. The van der Waals surface area contributed by atoms with Crippen LogP contribution >= 0.6 is 0 Å². The Kier molecular flexibility index (Phi) is 4.15. The highest BCUT2D eigenvalue weighted by molar-refractivity contribution is 5.99. The monoisotopic (exact) mass is 362 g/mol. The molecule has 0 aliphatic heterocycles. The van der Waals surface area contributed by atoms with E-state index in [9.17, 15) is 18.0 Å². The number of nitrogens with zero attached hydrogens (tertiary/aromatic N) is 2. The second-order valence-electron chi connectivity index (χ2n) is 5.51. The summed E-state index contributed by atoms with van der Waals surface area (Å²) in [4.78, 5) is 15.6. The summed E-state index contributed by atoms with van der Waals surface area (Å²) in [6, 6.07) is 7.82. The zero-order chi connectivity index (χ0) is 19.1. The first-order chi connectivity index (χ1) is 12.2. The molecule has 4 N–H and O–H groups in total.